The van der Waals surface area contributed by atoms with E-state index in [9.17, 15) is 0 Å². The minimum absolute atomic E-state index is 0.228. The second kappa shape index (κ2) is 8.26. The van der Waals surface area contributed by atoms with Crippen LogP contribution in [0.15, 0.2) is 0 Å². The minimum atomic E-state index is 0.228. The maximum Gasteiger partial charge on any atom is 0.0304 e. The van der Waals surface area contributed by atoms with Crippen molar-refractivity contribution in [1.29, 1.82) is 0 Å². The summed E-state index contributed by atoms with van der Waals surface area (Å²) in [6.45, 7) is 11.3. The van der Waals surface area contributed by atoms with Crippen molar-refractivity contribution in [3.8, 4) is 0 Å². The number of nitrogens with two attached hydrogens (primary N) is 1. The van der Waals surface area contributed by atoms with Crippen molar-refractivity contribution in [3.63, 3.8) is 0 Å². The van der Waals surface area contributed by atoms with Crippen LogP contribution in [0.5, 0.6) is 0 Å². The van der Waals surface area contributed by atoms with E-state index in [1.165, 1.54) is 44.9 Å². The van der Waals surface area contributed by atoms with E-state index in [0.29, 0.717) is 0 Å². The molecule has 2 heteroatoms. The quantitative estimate of drug-likeness (QED) is 0.686. The number of nitrogens with one attached hydrogen (secondary N) is 1. The highest BCUT2D eigenvalue weighted by molar-refractivity contribution is 4.92. The lowest BCUT2D eigenvalue weighted by Crippen LogP contribution is -2.52. The Bertz CT molecular complexity index is 235. The van der Waals surface area contributed by atoms with Gasteiger partial charge in [-0.2, -0.15) is 0 Å². The first kappa shape index (κ1) is 17.0. The Balaban J connectivity index is 2.55. The number of hydrogen-bond donors (Lipinski definition) is 2. The standard InChI is InChI=1S/C17H36N2/c1-5-15(6-2)12-19-17(13-18)10-7-8-16(9-11-17)14(3)4/h14-16,19H,5-13,18H2,1-4H3. The van der Waals surface area contributed by atoms with Gasteiger partial charge in [0.15, 0.2) is 0 Å². The maximum atomic E-state index is 6.14. The summed E-state index contributed by atoms with van der Waals surface area (Å²) in [6, 6.07) is 0. The maximum absolute atomic E-state index is 6.14. The molecule has 2 unspecified atom stereocenters. The van der Waals surface area contributed by atoms with E-state index in [0.717, 1.165) is 30.8 Å². The van der Waals surface area contributed by atoms with Crippen LogP contribution in [0.4, 0.5) is 0 Å². The molecule has 0 aliphatic heterocycles. The molecule has 19 heavy (non-hydrogen) atoms. The molecule has 1 aliphatic carbocycles. The molecule has 2 nitrogen and oxygen atoms in total. The predicted molar refractivity (Wildman–Crippen MR) is 85.3 cm³/mol. The fourth-order valence-corrected chi connectivity index (χ4v) is 3.49. The molecule has 0 bridgehead atoms. The summed E-state index contributed by atoms with van der Waals surface area (Å²) in [6.07, 6.45) is 9.18. The fraction of sp³-hybridized carbons (Fsp3) is 1.00. The van der Waals surface area contributed by atoms with Crippen LogP contribution in [-0.2, 0) is 0 Å². The van der Waals surface area contributed by atoms with Gasteiger partial charge in [-0.1, -0.05) is 53.4 Å². The number of rotatable bonds is 7. The molecule has 1 aliphatic rings. The van der Waals surface area contributed by atoms with E-state index in [1.807, 2.05) is 0 Å². The largest absolute Gasteiger partial charge is 0.329 e. The van der Waals surface area contributed by atoms with Crippen molar-refractivity contribution in [2.75, 3.05) is 13.1 Å². The van der Waals surface area contributed by atoms with E-state index in [4.69, 9.17) is 5.73 Å². The monoisotopic (exact) mass is 268 g/mol. The van der Waals surface area contributed by atoms with Crippen molar-refractivity contribution in [2.45, 2.75) is 78.2 Å². The highest BCUT2D eigenvalue weighted by Crippen LogP contribution is 2.33. The lowest BCUT2D eigenvalue weighted by Gasteiger charge is -2.34. The Morgan fingerprint density at radius 2 is 1.84 bits per heavy atom. The van der Waals surface area contributed by atoms with Crippen LogP contribution in [-0.4, -0.2) is 18.6 Å². The summed E-state index contributed by atoms with van der Waals surface area (Å²) < 4.78 is 0. The first-order valence-electron chi connectivity index (χ1n) is 8.52. The Morgan fingerprint density at radius 1 is 1.16 bits per heavy atom. The summed E-state index contributed by atoms with van der Waals surface area (Å²) in [5, 5.41) is 3.86. The zero-order valence-electron chi connectivity index (χ0n) is 13.7. The van der Waals surface area contributed by atoms with Crippen molar-refractivity contribution >= 4 is 0 Å². The van der Waals surface area contributed by atoms with Crippen LogP contribution in [0.1, 0.15) is 72.6 Å². The first-order chi connectivity index (χ1) is 9.06. The lowest BCUT2D eigenvalue weighted by atomic mass is 9.86. The molecule has 114 valence electrons. The van der Waals surface area contributed by atoms with Crippen LogP contribution in [0.3, 0.4) is 0 Å². The smallest absolute Gasteiger partial charge is 0.0304 e. The third kappa shape index (κ3) is 5.07. The van der Waals surface area contributed by atoms with Gasteiger partial charge in [0.25, 0.3) is 0 Å². The van der Waals surface area contributed by atoms with E-state index in [2.05, 4.69) is 33.0 Å². The van der Waals surface area contributed by atoms with Crippen molar-refractivity contribution in [2.24, 2.45) is 23.5 Å². The van der Waals surface area contributed by atoms with E-state index >= 15 is 0 Å². The van der Waals surface area contributed by atoms with Gasteiger partial charge >= 0.3 is 0 Å². The molecule has 0 heterocycles. The van der Waals surface area contributed by atoms with Gasteiger partial charge in [-0.05, 0) is 43.6 Å². The lowest BCUT2D eigenvalue weighted by molar-refractivity contribution is 0.259. The molecule has 1 rings (SSSR count). The average Bonchev–Trinajstić information content (AvgIpc) is 2.63. The van der Waals surface area contributed by atoms with Gasteiger partial charge in [-0.15, -0.1) is 0 Å². The van der Waals surface area contributed by atoms with Gasteiger partial charge in [0.1, 0.15) is 0 Å². The van der Waals surface area contributed by atoms with Crippen LogP contribution in [0.25, 0.3) is 0 Å². The molecule has 0 saturated heterocycles. The molecule has 2 atom stereocenters. The van der Waals surface area contributed by atoms with Gasteiger partial charge in [0.05, 0.1) is 0 Å². The molecule has 0 aromatic heterocycles. The van der Waals surface area contributed by atoms with Gasteiger partial charge < -0.3 is 11.1 Å². The molecule has 0 radical (unpaired) electrons. The molecular formula is C17H36N2. The molecule has 0 aromatic carbocycles. The SMILES string of the molecule is CCC(CC)CNC1(CN)CCCC(C(C)C)CC1. The Labute approximate surface area is 120 Å². The normalized spacial score (nSPS) is 28.9. The van der Waals surface area contributed by atoms with Gasteiger partial charge in [-0.3, -0.25) is 0 Å². The topological polar surface area (TPSA) is 38.0 Å². The Hall–Kier alpha value is -0.0800. The van der Waals surface area contributed by atoms with Gasteiger partial charge in [0.2, 0.25) is 0 Å². The molecule has 1 fully saturated rings. The first-order valence-corrected chi connectivity index (χ1v) is 8.52. The van der Waals surface area contributed by atoms with Crippen molar-refractivity contribution in [3.05, 3.63) is 0 Å². The van der Waals surface area contributed by atoms with E-state index in [-0.39, 0.29) is 5.54 Å². The molecule has 0 aromatic rings. The fourth-order valence-electron chi connectivity index (χ4n) is 3.49. The zero-order valence-corrected chi connectivity index (χ0v) is 13.7. The molecule has 3 N–H and O–H groups in total. The highest BCUT2D eigenvalue weighted by Gasteiger charge is 2.32. The zero-order chi connectivity index (χ0) is 14.3. The Kier molecular flexibility index (Phi) is 7.38. The van der Waals surface area contributed by atoms with Crippen molar-refractivity contribution < 1.29 is 0 Å². The van der Waals surface area contributed by atoms with Crippen LogP contribution in [0.2, 0.25) is 0 Å². The average molecular weight is 268 g/mol. The molecule has 1 saturated carbocycles. The second-order valence-electron chi connectivity index (χ2n) is 6.98. The second-order valence-corrected chi connectivity index (χ2v) is 6.98. The predicted octanol–water partition coefficient (Wildman–Crippen LogP) is 3.95. The third-order valence-corrected chi connectivity index (χ3v) is 5.48. The minimum Gasteiger partial charge on any atom is -0.329 e. The van der Waals surface area contributed by atoms with Crippen LogP contribution < -0.4 is 11.1 Å². The molecular weight excluding hydrogens is 232 g/mol. The van der Waals surface area contributed by atoms with Crippen LogP contribution in [0, 0.1) is 17.8 Å². The Morgan fingerprint density at radius 3 is 2.37 bits per heavy atom. The highest BCUT2D eigenvalue weighted by atomic mass is 15.0. The van der Waals surface area contributed by atoms with E-state index in [1.54, 1.807) is 0 Å². The molecule has 0 spiro atoms. The third-order valence-electron chi connectivity index (χ3n) is 5.48. The van der Waals surface area contributed by atoms with Gasteiger partial charge in [-0.25, -0.2) is 0 Å². The summed E-state index contributed by atoms with van der Waals surface area (Å²) in [5.74, 6) is 2.54. The summed E-state index contributed by atoms with van der Waals surface area (Å²) in [4.78, 5) is 0. The summed E-state index contributed by atoms with van der Waals surface area (Å²) in [5.41, 5.74) is 6.36. The van der Waals surface area contributed by atoms with Crippen molar-refractivity contribution in [1.82, 2.24) is 5.32 Å². The van der Waals surface area contributed by atoms with Crippen LogP contribution >= 0.6 is 0 Å². The van der Waals surface area contributed by atoms with E-state index < -0.39 is 0 Å². The van der Waals surface area contributed by atoms with Gasteiger partial charge in [0, 0.05) is 12.1 Å². The number of hydrogen-bond acceptors (Lipinski definition) is 2. The summed E-state index contributed by atoms with van der Waals surface area (Å²) in [7, 11) is 0. The summed E-state index contributed by atoms with van der Waals surface area (Å²) >= 11 is 0. The molecule has 0 amide bonds.